The molecule has 0 unspecified atom stereocenters. The van der Waals surface area contributed by atoms with Gasteiger partial charge < -0.3 is 15.4 Å². The fourth-order valence-corrected chi connectivity index (χ4v) is 2.89. The lowest BCUT2D eigenvalue weighted by molar-refractivity contribution is -0.117. The van der Waals surface area contributed by atoms with Crippen molar-refractivity contribution in [1.29, 1.82) is 0 Å². The molecule has 7 heteroatoms. The minimum atomic E-state index is -0.307. The number of hydrogen-bond acceptors (Lipinski definition) is 4. The molecule has 3 rings (SSSR count). The summed E-state index contributed by atoms with van der Waals surface area (Å²) >= 11 is 5.26. The molecule has 0 radical (unpaired) electrons. The molecule has 2 aromatic rings. The first-order chi connectivity index (χ1) is 14.0. The van der Waals surface area contributed by atoms with Crippen LogP contribution in [0, 0.1) is 12.8 Å². The van der Waals surface area contributed by atoms with Gasteiger partial charge in [0.1, 0.15) is 5.75 Å². The van der Waals surface area contributed by atoms with E-state index in [1.165, 1.54) is 0 Å². The molecule has 6 nitrogen and oxygen atoms in total. The van der Waals surface area contributed by atoms with Gasteiger partial charge in [0.15, 0.2) is 5.11 Å². The molecular formula is C22H25N3O3S. The summed E-state index contributed by atoms with van der Waals surface area (Å²) in [5.74, 6) is 0.598. The van der Waals surface area contributed by atoms with E-state index in [0.29, 0.717) is 17.9 Å². The number of ether oxygens (including phenoxy) is 1. The van der Waals surface area contributed by atoms with E-state index < -0.39 is 0 Å². The average Bonchev–Trinajstić information content (AvgIpc) is 3.54. The normalized spacial score (nSPS) is 12.8. The van der Waals surface area contributed by atoms with Gasteiger partial charge in [0.2, 0.25) is 5.91 Å². The number of carbonyl (C=O) groups excluding carboxylic acids is 2. The maximum atomic E-state index is 12.4. The summed E-state index contributed by atoms with van der Waals surface area (Å²) in [4.78, 5) is 24.4. The van der Waals surface area contributed by atoms with Crippen molar-refractivity contribution in [3.05, 3.63) is 53.6 Å². The number of rotatable bonds is 7. The van der Waals surface area contributed by atoms with Crippen LogP contribution in [0.1, 0.15) is 42.1 Å². The van der Waals surface area contributed by atoms with E-state index >= 15 is 0 Å². The molecule has 29 heavy (non-hydrogen) atoms. The molecule has 3 N–H and O–H groups in total. The van der Waals surface area contributed by atoms with Gasteiger partial charge in [-0.25, -0.2) is 0 Å². The molecule has 2 amide bonds. The van der Waals surface area contributed by atoms with Crippen LogP contribution in [-0.4, -0.2) is 23.5 Å². The van der Waals surface area contributed by atoms with E-state index in [4.69, 9.17) is 17.0 Å². The van der Waals surface area contributed by atoms with Gasteiger partial charge in [-0.2, -0.15) is 0 Å². The number of benzene rings is 2. The number of aryl methyl sites for hydroxylation is 1. The number of carbonyl (C=O) groups is 2. The Bertz CT molecular complexity index is 908. The summed E-state index contributed by atoms with van der Waals surface area (Å²) in [6.45, 7) is 4.60. The summed E-state index contributed by atoms with van der Waals surface area (Å²) in [6.07, 6.45) is 2.82. The van der Waals surface area contributed by atoms with Gasteiger partial charge in [0.25, 0.3) is 5.91 Å². The van der Waals surface area contributed by atoms with Gasteiger partial charge in [-0.3, -0.25) is 14.9 Å². The summed E-state index contributed by atoms with van der Waals surface area (Å²) < 4.78 is 5.52. The zero-order valence-electron chi connectivity index (χ0n) is 16.6. The van der Waals surface area contributed by atoms with Crippen molar-refractivity contribution in [3.8, 4) is 5.75 Å². The van der Waals surface area contributed by atoms with E-state index in [0.717, 1.165) is 36.3 Å². The summed E-state index contributed by atoms with van der Waals surface area (Å²) in [7, 11) is 0. The Labute approximate surface area is 176 Å². The van der Waals surface area contributed by atoms with Crippen molar-refractivity contribution in [1.82, 2.24) is 5.32 Å². The Balaban J connectivity index is 1.57. The van der Waals surface area contributed by atoms with Crippen LogP contribution in [0.2, 0.25) is 0 Å². The molecule has 152 valence electrons. The maximum absolute atomic E-state index is 12.4. The molecule has 0 aromatic heterocycles. The third-order valence-corrected chi connectivity index (χ3v) is 4.72. The first-order valence-electron chi connectivity index (χ1n) is 9.73. The highest BCUT2D eigenvalue weighted by molar-refractivity contribution is 7.80. The smallest absolute Gasteiger partial charge is 0.257 e. The highest BCUT2D eigenvalue weighted by Gasteiger charge is 2.29. The summed E-state index contributed by atoms with van der Waals surface area (Å²) in [5.41, 5.74) is 2.88. The zero-order chi connectivity index (χ0) is 20.8. The van der Waals surface area contributed by atoms with Gasteiger partial charge in [-0.05, 0) is 80.4 Å². The van der Waals surface area contributed by atoms with Gasteiger partial charge in [-0.1, -0.05) is 13.0 Å². The standard InChI is InChI=1S/C22H25N3O3S/c1-3-12-28-18-10-7-16(8-11-18)21(27)25-22(29)23-17-9-4-14(2)19(13-17)24-20(26)15-5-6-15/h4,7-11,13,15H,3,5-6,12H2,1-2H3,(H,24,26)(H2,23,25,27,29). The van der Waals surface area contributed by atoms with Gasteiger partial charge in [0.05, 0.1) is 6.61 Å². The van der Waals surface area contributed by atoms with Crippen molar-refractivity contribution in [2.24, 2.45) is 5.92 Å². The van der Waals surface area contributed by atoms with Gasteiger partial charge in [-0.15, -0.1) is 0 Å². The summed E-state index contributed by atoms with van der Waals surface area (Å²) in [6, 6.07) is 12.5. The Morgan fingerprint density at radius 2 is 1.83 bits per heavy atom. The minimum absolute atomic E-state index is 0.0486. The van der Waals surface area contributed by atoms with E-state index in [1.807, 2.05) is 32.0 Å². The van der Waals surface area contributed by atoms with E-state index in [9.17, 15) is 9.59 Å². The number of nitrogens with one attached hydrogen (secondary N) is 3. The van der Waals surface area contributed by atoms with Gasteiger partial charge in [0, 0.05) is 22.9 Å². The second kappa shape index (κ2) is 9.52. The molecule has 0 aliphatic heterocycles. The first-order valence-corrected chi connectivity index (χ1v) is 10.1. The Morgan fingerprint density at radius 3 is 2.48 bits per heavy atom. The lowest BCUT2D eigenvalue weighted by Crippen LogP contribution is -2.34. The highest BCUT2D eigenvalue weighted by atomic mass is 32.1. The van der Waals surface area contributed by atoms with Gasteiger partial charge >= 0.3 is 0 Å². The zero-order valence-corrected chi connectivity index (χ0v) is 17.4. The quantitative estimate of drug-likeness (QED) is 0.594. The van der Waals surface area contributed by atoms with Crippen molar-refractivity contribution in [2.75, 3.05) is 17.2 Å². The second-order valence-corrected chi connectivity index (χ2v) is 7.48. The van der Waals surface area contributed by atoms with Crippen LogP contribution in [0.3, 0.4) is 0 Å². The predicted molar refractivity (Wildman–Crippen MR) is 118 cm³/mol. The van der Waals surface area contributed by atoms with Crippen LogP contribution in [0.15, 0.2) is 42.5 Å². The molecule has 1 saturated carbocycles. The topological polar surface area (TPSA) is 79.5 Å². The van der Waals surface area contributed by atoms with Crippen LogP contribution in [0.25, 0.3) is 0 Å². The second-order valence-electron chi connectivity index (χ2n) is 7.07. The molecule has 1 fully saturated rings. The maximum Gasteiger partial charge on any atom is 0.257 e. The van der Waals surface area contributed by atoms with E-state index in [1.54, 1.807) is 24.3 Å². The third kappa shape index (κ3) is 6.02. The van der Waals surface area contributed by atoms with E-state index in [-0.39, 0.29) is 22.8 Å². The molecule has 0 bridgehead atoms. The first kappa shape index (κ1) is 20.8. The molecule has 0 spiro atoms. The molecule has 1 aliphatic carbocycles. The monoisotopic (exact) mass is 411 g/mol. The molecule has 0 heterocycles. The Hall–Kier alpha value is -2.93. The largest absolute Gasteiger partial charge is 0.494 e. The SMILES string of the molecule is CCCOc1ccc(C(=O)NC(=S)Nc2ccc(C)c(NC(=O)C3CC3)c2)cc1. The average molecular weight is 412 g/mol. The van der Waals surface area contributed by atoms with Crippen LogP contribution >= 0.6 is 12.2 Å². The van der Waals surface area contributed by atoms with Crippen LogP contribution in [0.4, 0.5) is 11.4 Å². The Kier molecular flexibility index (Phi) is 6.82. The van der Waals surface area contributed by atoms with Crippen molar-refractivity contribution in [3.63, 3.8) is 0 Å². The number of amides is 2. The highest BCUT2D eigenvalue weighted by Crippen LogP contribution is 2.31. The third-order valence-electron chi connectivity index (χ3n) is 4.52. The molecular weight excluding hydrogens is 386 g/mol. The van der Waals surface area contributed by atoms with Crippen LogP contribution < -0.4 is 20.7 Å². The van der Waals surface area contributed by atoms with Crippen molar-refractivity contribution in [2.45, 2.75) is 33.1 Å². The minimum Gasteiger partial charge on any atom is -0.494 e. The van der Waals surface area contributed by atoms with Crippen molar-refractivity contribution < 1.29 is 14.3 Å². The molecule has 0 atom stereocenters. The number of anilines is 2. The van der Waals surface area contributed by atoms with E-state index in [2.05, 4.69) is 16.0 Å². The fourth-order valence-electron chi connectivity index (χ4n) is 2.67. The number of thiocarbonyl (C=S) groups is 1. The molecule has 2 aromatic carbocycles. The lowest BCUT2D eigenvalue weighted by atomic mass is 10.1. The molecule has 0 saturated heterocycles. The summed E-state index contributed by atoms with van der Waals surface area (Å²) in [5, 5.41) is 8.79. The lowest BCUT2D eigenvalue weighted by Gasteiger charge is -2.13. The van der Waals surface area contributed by atoms with Crippen LogP contribution in [0.5, 0.6) is 5.75 Å². The van der Waals surface area contributed by atoms with Crippen LogP contribution in [-0.2, 0) is 4.79 Å². The number of hydrogen-bond donors (Lipinski definition) is 3. The predicted octanol–water partition coefficient (Wildman–Crippen LogP) is 4.26. The Morgan fingerprint density at radius 1 is 1.10 bits per heavy atom. The fraction of sp³-hybridized carbons (Fsp3) is 0.318. The van der Waals surface area contributed by atoms with Crippen molar-refractivity contribution >= 4 is 40.5 Å². The molecule has 1 aliphatic rings.